The summed E-state index contributed by atoms with van der Waals surface area (Å²) < 4.78 is 4.46. The minimum absolute atomic E-state index is 0.153. The molecule has 1 amide bonds. The van der Waals surface area contributed by atoms with Crippen LogP contribution in [0.3, 0.4) is 0 Å². The number of nitrogens with zero attached hydrogens (tertiary/aromatic N) is 5. The number of fused-ring (bicyclic) bond motifs is 1. The summed E-state index contributed by atoms with van der Waals surface area (Å²) >= 11 is 0. The second-order valence-electron chi connectivity index (χ2n) is 8.53. The largest absolute Gasteiger partial charge is 0.340 e. The highest BCUT2D eigenvalue weighted by atomic mass is 16.2. The lowest BCUT2D eigenvalue weighted by molar-refractivity contribution is -0.131. The van der Waals surface area contributed by atoms with Crippen molar-refractivity contribution in [1.82, 2.24) is 23.8 Å². The molecule has 8 nitrogen and oxygen atoms in total. The first-order chi connectivity index (χ1) is 16.2. The molecule has 2 heterocycles. The smallest absolute Gasteiger partial charge is 0.331 e. The van der Waals surface area contributed by atoms with Crippen molar-refractivity contribution < 1.29 is 4.79 Å². The second kappa shape index (κ2) is 9.13. The molecule has 8 heteroatoms. The summed E-state index contributed by atoms with van der Waals surface area (Å²) in [5.41, 5.74) is 4.54. The van der Waals surface area contributed by atoms with Crippen LogP contribution in [-0.2, 0) is 24.4 Å². The van der Waals surface area contributed by atoms with Crippen LogP contribution in [-0.4, -0.2) is 36.8 Å². The number of carbonyl (C=O) groups is 1. The molecule has 2 aromatic carbocycles. The molecule has 0 N–H and O–H groups in total. The van der Waals surface area contributed by atoms with Crippen LogP contribution in [0.25, 0.3) is 16.6 Å². The van der Waals surface area contributed by atoms with Crippen molar-refractivity contribution in [2.45, 2.75) is 47.3 Å². The number of hydrogen-bond acceptors (Lipinski definition) is 4. The van der Waals surface area contributed by atoms with Crippen molar-refractivity contribution in [3.63, 3.8) is 0 Å². The van der Waals surface area contributed by atoms with Gasteiger partial charge in [-0.05, 0) is 51.5 Å². The second-order valence-corrected chi connectivity index (χ2v) is 8.53. The first-order valence-electron chi connectivity index (χ1n) is 11.3. The number of carbonyl (C=O) groups excluding carboxylic acids is 1. The number of rotatable bonds is 6. The Morgan fingerprint density at radius 2 is 1.65 bits per heavy atom. The molecule has 0 unspecified atom stereocenters. The Kier molecular flexibility index (Phi) is 6.24. The molecular formula is C26H29N5O3. The van der Waals surface area contributed by atoms with Gasteiger partial charge in [-0.15, -0.1) is 0 Å². The van der Waals surface area contributed by atoms with E-state index in [0.717, 1.165) is 32.8 Å². The Hall–Kier alpha value is -3.94. The number of aromatic nitrogens is 4. The van der Waals surface area contributed by atoms with Crippen LogP contribution in [0.1, 0.15) is 29.4 Å². The van der Waals surface area contributed by atoms with Gasteiger partial charge in [0.2, 0.25) is 5.91 Å². The zero-order valence-electron chi connectivity index (χ0n) is 20.2. The maximum absolute atomic E-state index is 13.2. The van der Waals surface area contributed by atoms with Gasteiger partial charge in [0.25, 0.3) is 5.56 Å². The highest BCUT2D eigenvalue weighted by Gasteiger charge is 2.20. The molecule has 0 spiro atoms. The quantitative estimate of drug-likeness (QED) is 0.444. The van der Waals surface area contributed by atoms with Gasteiger partial charge < -0.3 is 4.90 Å². The van der Waals surface area contributed by atoms with Gasteiger partial charge in [0, 0.05) is 31.4 Å². The van der Waals surface area contributed by atoms with Gasteiger partial charge in [-0.25, -0.2) is 9.48 Å². The van der Waals surface area contributed by atoms with E-state index in [2.05, 4.69) is 0 Å². The van der Waals surface area contributed by atoms with Crippen molar-refractivity contribution in [2.24, 2.45) is 0 Å². The third-order valence-electron chi connectivity index (χ3n) is 6.35. The topological polar surface area (TPSA) is 82.1 Å². The fourth-order valence-corrected chi connectivity index (χ4v) is 4.32. The lowest BCUT2D eigenvalue weighted by Gasteiger charge is -2.20. The Bertz CT molecular complexity index is 1510. The Morgan fingerprint density at radius 3 is 2.35 bits per heavy atom. The van der Waals surface area contributed by atoms with Crippen LogP contribution in [0, 0.1) is 20.8 Å². The third kappa shape index (κ3) is 3.96. The van der Waals surface area contributed by atoms with Gasteiger partial charge in [0.15, 0.2) is 0 Å². The van der Waals surface area contributed by atoms with Crippen molar-refractivity contribution >= 4 is 16.8 Å². The number of amides is 1. The van der Waals surface area contributed by atoms with Crippen molar-refractivity contribution in [3.05, 3.63) is 91.9 Å². The molecule has 0 aliphatic rings. The van der Waals surface area contributed by atoms with E-state index in [9.17, 15) is 14.4 Å². The van der Waals surface area contributed by atoms with Gasteiger partial charge in [-0.3, -0.25) is 18.7 Å². The lowest BCUT2D eigenvalue weighted by atomic mass is 10.1. The van der Waals surface area contributed by atoms with E-state index in [0.29, 0.717) is 17.4 Å². The van der Waals surface area contributed by atoms with E-state index >= 15 is 0 Å². The minimum atomic E-state index is -0.479. The molecule has 0 saturated heterocycles. The average molecular weight is 460 g/mol. The fraction of sp³-hybridized carbons (Fsp3) is 0.308. The van der Waals surface area contributed by atoms with Crippen molar-refractivity contribution in [2.75, 3.05) is 7.05 Å². The molecule has 2 aromatic heterocycles. The van der Waals surface area contributed by atoms with Crippen LogP contribution in [0.15, 0.2) is 58.1 Å². The van der Waals surface area contributed by atoms with E-state index in [-0.39, 0.29) is 24.6 Å². The van der Waals surface area contributed by atoms with Gasteiger partial charge in [0.05, 0.1) is 22.3 Å². The zero-order chi connectivity index (χ0) is 24.6. The predicted octanol–water partition coefficient (Wildman–Crippen LogP) is 2.95. The summed E-state index contributed by atoms with van der Waals surface area (Å²) in [5, 5.41) is 5.13. The molecule has 0 radical (unpaired) electrons. The molecule has 0 aliphatic heterocycles. The fourth-order valence-electron chi connectivity index (χ4n) is 4.32. The molecule has 0 atom stereocenters. The summed E-state index contributed by atoms with van der Waals surface area (Å²) in [5.74, 6) is -0.226. The first-order valence-corrected chi connectivity index (χ1v) is 11.3. The summed E-state index contributed by atoms with van der Waals surface area (Å²) in [7, 11) is 1.72. The van der Waals surface area contributed by atoms with E-state index < -0.39 is 5.69 Å². The number of aryl methyl sites for hydroxylation is 2. The molecule has 0 aliphatic carbocycles. The third-order valence-corrected chi connectivity index (χ3v) is 6.35. The van der Waals surface area contributed by atoms with Crippen LogP contribution >= 0.6 is 0 Å². The molecule has 4 aromatic rings. The Labute approximate surface area is 197 Å². The van der Waals surface area contributed by atoms with Crippen molar-refractivity contribution in [3.8, 4) is 5.69 Å². The predicted molar refractivity (Wildman–Crippen MR) is 132 cm³/mol. The monoisotopic (exact) mass is 459 g/mol. The van der Waals surface area contributed by atoms with Crippen LogP contribution in [0.2, 0.25) is 0 Å². The average Bonchev–Trinajstić information content (AvgIpc) is 3.10. The molecule has 176 valence electrons. The van der Waals surface area contributed by atoms with Gasteiger partial charge >= 0.3 is 5.69 Å². The van der Waals surface area contributed by atoms with E-state index in [1.54, 1.807) is 43.1 Å². The lowest BCUT2D eigenvalue weighted by Crippen LogP contribution is -2.42. The van der Waals surface area contributed by atoms with E-state index in [1.807, 2.05) is 49.7 Å². The Balaban J connectivity index is 1.65. The molecule has 0 bridgehead atoms. The standard InChI is InChI=1S/C26H29N5O3/c1-6-29-25(33)20-12-8-10-14-23(20)30(26(29)34)16-24(32)28(5)15-21-18(3)27-31(19(21)4)22-13-9-7-11-17(22)2/h7-14H,6,15-16H2,1-5H3. The molecule has 4 rings (SSSR count). The van der Waals surface area contributed by atoms with E-state index in [4.69, 9.17) is 5.10 Å². The normalized spacial score (nSPS) is 11.2. The number of likely N-dealkylation sites (N-methyl/N-ethyl adjacent to an activating group) is 1. The summed E-state index contributed by atoms with van der Waals surface area (Å²) in [4.78, 5) is 40.5. The number of hydrogen-bond donors (Lipinski definition) is 0. The minimum Gasteiger partial charge on any atom is -0.340 e. The van der Waals surface area contributed by atoms with E-state index in [1.165, 1.54) is 4.57 Å². The maximum atomic E-state index is 13.2. The van der Waals surface area contributed by atoms with Crippen LogP contribution in [0.5, 0.6) is 0 Å². The highest BCUT2D eigenvalue weighted by molar-refractivity contribution is 5.81. The first kappa shape index (κ1) is 23.2. The Morgan fingerprint density at radius 1 is 0.971 bits per heavy atom. The molecule has 34 heavy (non-hydrogen) atoms. The molecule has 0 fully saturated rings. The maximum Gasteiger partial charge on any atom is 0.331 e. The SMILES string of the molecule is CCn1c(=O)c2ccccc2n(CC(=O)N(C)Cc2c(C)nn(-c3ccccc3C)c2C)c1=O. The summed E-state index contributed by atoms with van der Waals surface area (Å²) in [6, 6.07) is 14.9. The number of benzene rings is 2. The van der Waals surface area contributed by atoms with Crippen molar-refractivity contribution in [1.29, 1.82) is 0 Å². The van der Waals surface area contributed by atoms with Gasteiger partial charge in [-0.1, -0.05) is 30.3 Å². The zero-order valence-corrected chi connectivity index (χ0v) is 20.2. The van der Waals surface area contributed by atoms with Gasteiger partial charge in [-0.2, -0.15) is 5.10 Å². The summed E-state index contributed by atoms with van der Waals surface area (Å²) in [6.45, 7) is 8.16. The summed E-state index contributed by atoms with van der Waals surface area (Å²) in [6.07, 6.45) is 0. The highest BCUT2D eigenvalue weighted by Crippen LogP contribution is 2.21. The van der Waals surface area contributed by atoms with Crippen LogP contribution < -0.4 is 11.2 Å². The van der Waals surface area contributed by atoms with Gasteiger partial charge in [0.1, 0.15) is 6.54 Å². The number of para-hydroxylation sites is 2. The van der Waals surface area contributed by atoms with Crippen LogP contribution in [0.4, 0.5) is 0 Å². The molecule has 0 saturated carbocycles. The molecular weight excluding hydrogens is 430 g/mol.